The molecule has 4 rings (SSSR count). The molecule has 128 valence electrons. The number of nitrogens with zero attached hydrogens (tertiary/aromatic N) is 2. The minimum atomic E-state index is -0.211. The Labute approximate surface area is 143 Å². The van der Waals surface area contributed by atoms with Crippen LogP contribution >= 0.6 is 0 Å². The van der Waals surface area contributed by atoms with Gasteiger partial charge < -0.3 is 20.2 Å². The number of anilines is 1. The molecule has 0 atom stereocenters. The fourth-order valence-electron chi connectivity index (χ4n) is 2.89. The van der Waals surface area contributed by atoms with E-state index in [9.17, 15) is 4.79 Å². The number of nitrogens with one attached hydrogen (secondary N) is 1. The molecule has 0 unspecified atom stereocenters. The van der Waals surface area contributed by atoms with Crippen molar-refractivity contribution >= 4 is 16.9 Å². The highest BCUT2D eigenvalue weighted by molar-refractivity contribution is 5.85. The van der Waals surface area contributed by atoms with Crippen molar-refractivity contribution in [3.8, 4) is 11.6 Å². The van der Waals surface area contributed by atoms with Crippen LogP contribution in [0, 0.1) is 0 Å². The summed E-state index contributed by atoms with van der Waals surface area (Å²) in [6, 6.07) is 9.62. The van der Waals surface area contributed by atoms with Gasteiger partial charge in [0.05, 0.1) is 5.52 Å². The summed E-state index contributed by atoms with van der Waals surface area (Å²) >= 11 is 0. The quantitative estimate of drug-likeness (QED) is 0.610. The van der Waals surface area contributed by atoms with Crippen molar-refractivity contribution in [2.24, 2.45) is 0 Å². The summed E-state index contributed by atoms with van der Waals surface area (Å²) in [5, 5.41) is 0. The van der Waals surface area contributed by atoms with E-state index in [2.05, 4.69) is 9.97 Å². The van der Waals surface area contributed by atoms with E-state index in [1.54, 1.807) is 10.6 Å². The highest BCUT2D eigenvalue weighted by Crippen LogP contribution is 2.22. The Morgan fingerprint density at radius 2 is 2.00 bits per heavy atom. The summed E-state index contributed by atoms with van der Waals surface area (Å²) in [4.78, 5) is 19.3. The fourth-order valence-corrected chi connectivity index (χ4v) is 2.89. The first-order valence-corrected chi connectivity index (χ1v) is 8.09. The predicted molar refractivity (Wildman–Crippen MR) is 95.0 cm³/mol. The topological polar surface area (TPSA) is 95.2 Å². The lowest BCUT2D eigenvalue weighted by Crippen LogP contribution is -2.17. The van der Waals surface area contributed by atoms with Gasteiger partial charge in [-0.1, -0.05) is 12.1 Å². The van der Waals surface area contributed by atoms with E-state index in [4.69, 9.17) is 15.2 Å². The molecule has 1 aliphatic rings. The molecule has 7 nitrogen and oxygen atoms in total. The van der Waals surface area contributed by atoms with E-state index in [0.717, 1.165) is 11.3 Å². The molecule has 7 heteroatoms. The maximum atomic E-state index is 12.3. The monoisotopic (exact) mass is 338 g/mol. The molecule has 4 bridgehead atoms. The van der Waals surface area contributed by atoms with Crippen molar-refractivity contribution < 1.29 is 9.47 Å². The van der Waals surface area contributed by atoms with Crippen LogP contribution in [-0.2, 0) is 13.0 Å². The summed E-state index contributed by atoms with van der Waals surface area (Å²) in [7, 11) is 0. The van der Waals surface area contributed by atoms with Crippen molar-refractivity contribution in [3.05, 3.63) is 58.5 Å². The smallest absolute Gasteiger partial charge is 0.326 e. The number of fused-ring (bicyclic) bond motifs is 3. The zero-order chi connectivity index (χ0) is 17.2. The predicted octanol–water partition coefficient (Wildman–Crippen LogP) is 1.88. The largest absolute Gasteiger partial charge is 0.490 e. The van der Waals surface area contributed by atoms with Crippen LogP contribution in [-0.4, -0.2) is 27.7 Å². The summed E-state index contributed by atoms with van der Waals surface area (Å²) < 4.78 is 13.0. The molecule has 1 aliphatic heterocycles. The number of rotatable bonds is 0. The van der Waals surface area contributed by atoms with Crippen molar-refractivity contribution in [2.75, 3.05) is 18.9 Å². The Kier molecular flexibility index (Phi) is 3.89. The molecule has 0 saturated carbocycles. The molecule has 0 saturated heterocycles. The lowest BCUT2D eigenvalue weighted by Gasteiger charge is -2.08. The molecule has 0 radical (unpaired) electrons. The molecular formula is C18H18N4O3. The second-order valence-corrected chi connectivity index (χ2v) is 5.81. The molecule has 0 spiro atoms. The lowest BCUT2D eigenvalue weighted by atomic mass is 10.1. The van der Waals surface area contributed by atoms with Crippen molar-refractivity contribution in [3.63, 3.8) is 0 Å². The number of benzene rings is 1. The van der Waals surface area contributed by atoms with E-state index < -0.39 is 0 Å². The summed E-state index contributed by atoms with van der Waals surface area (Å²) in [5.74, 6) is 1.44. The Morgan fingerprint density at radius 3 is 2.88 bits per heavy atom. The minimum Gasteiger partial charge on any atom is -0.490 e. The molecular weight excluding hydrogens is 320 g/mol. The number of hydrogen-bond acceptors (Lipinski definition) is 5. The van der Waals surface area contributed by atoms with Crippen LogP contribution in [0.5, 0.6) is 11.6 Å². The van der Waals surface area contributed by atoms with E-state index in [1.807, 2.05) is 36.4 Å². The number of aryl methyl sites for hydroxylation is 2. The maximum Gasteiger partial charge on any atom is 0.326 e. The maximum absolute atomic E-state index is 12.3. The zero-order valence-electron chi connectivity index (χ0n) is 13.6. The number of hydrogen-bond donors (Lipinski definition) is 2. The number of aromatic amines is 1. The third-order valence-electron chi connectivity index (χ3n) is 4.13. The van der Waals surface area contributed by atoms with Crippen molar-refractivity contribution in [1.29, 1.82) is 0 Å². The Hall–Kier alpha value is -3.22. The number of aromatic nitrogens is 3. The van der Waals surface area contributed by atoms with E-state index in [1.165, 1.54) is 0 Å². The van der Waals surface area contributed by atoms with Gasteiger partial charge in [0, 0.05) is 12.6 Å². The van der Waals surface area contributed by atoms with Gasteiger partial charge in [0.15, 0.2) is 5.82 Å². The van der Waals surface area contributed by atoms with Crippen LogP contribution in [0.15, 0.2) is 47.3 Å². The van der Waals surface area contributed by atoms with Crippen LogP contribution in [0.3, 0.4) is 0 Å². The van der Waals surface area contributed by atoms with Crippen LogP contribution in [0.2, 0.25) is 0 Å². The summed E-state index contributed by atoms with van der Waals surface area (Å²) in [5.41, 5.74) is 8.09. The van der Waals surface area contributed by atoms with Gasteiger partial charge in [-0.2, -0.15) is 4.98 Å². The highest BCUT2D eigenvalue weighted by Gasteiger charge is 2.13. The van der Waals surface area contributed by atoms with Crippen molar-refractivity contribution in [1.82, 2.24) is 14.5 Å². The van der Waals surface area contributed by atoms with Gasteiger partial charge in [-0.25, -0.2) is 4.79 Å². The average Bonchev–Trinajstić information content (AvgIpc) is 2.92. The van der Waals surface area contributed by atoms with Crippen LogP contribution < -0.4 is 20.9 Å². The van der Waals surface area contributed by atoms with Crippen molar-refractivity contribution in [2.45, 2.75) is 13.0 Å². The minimum absolute atomic E-state index is 0.211. The number of nitrogen functional groups attached to an aromatic ring is 1. The van der Waals surface area contributed by atoms with Gasteiger partial charge in [-0.05, 0) is 36.3 Å². The molecule has 0 amide bonds. The number of H-pyrrole nitrogens is 1. The molecule has 25 heavy (non-hydrogen) atoms. The molecule has 1 aromatic carbocycles. The Morgan fingerprint density at radius 1 is 1.16 bits per heavy atom. The molecule has 0 aliphatic carbocycles. The average molecular weight is 338 g/mol. The standard InChI is InChI=1S/C18H18N4O3/c19-17-16-14-11-15(20-17)25-9-2-1-8-24-13-5-3-4-12(10-13)6-7-22(14)18(23)21-16/h1-5,10-11H,6-9H2,(H2,19,20)(H,21,23)/b2-1+. The highest BCUT2D eigenvalue weighted by atomic mass is 16.5. The zero-order valence-corrected chi connectivity index (χ0v) is 13.6. The molecule has 3 aromatic rings. The number of ether oxygens (including phenoxy) is 2. The third-order valence-corrected chi connectivity index (χ3v) is 4.13. The molecule has 0 fully saturated rings. The Bertz CT molecular complexity index is 1000. The fraction of sp³-hybridized carbons (Fsp3) is 0.222. The van der Waals surface area contributed by atoms with Crippen LogP contribution in [0.1, 0.15) is 5.56 Å². The first kappa shape index (κ1) is 15.3. The van der Waals surface area contributed by atoms with Gasteiger partial charge in [0.2, 0.25) is 5.88 Å². The van der Waals surface area contributed by atoms with E-state index >= 15 is 0 Å². The number of imidazole rings is 1. The van der Waals surface area contributed by atoms with Gasteiger partial charge in [-0.15, -0.1) is 0 Å². The van der Waals surface area contributed by atoms with Crippen LogP contribution in [0.25, 0.3) is 11.0 Å². The second kappa shape index (κ2) is 6.35. The van der Waals surface area contributed by atoms with Crippen LogP contribution in [0.4, 0.5) is 5.82 Å². The number of pyridine rings is 1. The summed E-state index contributed by atoms with van der Waals surface area (Å²) in [6.07, 6.45) is 4.44. The molecule has 3 heterocycles. The SMILES string of the molecule is Nc1nc2cc3c1[nH]c(=O)n3CCc1cccc(c1)OC/C=C/CO2. The normalized spacial score (nSPS) is 15.8. The van der Waals surface area contributed by atoms with Gasteiger partial charge in [-0.3, -0.25) is 4.57 Å². The summed E-state index contributed by atoms with van der Waals surface area (Å²) in [6.45, 7) is 1.32. The second-order valence-electron chi connectivity index (χ2n) is 5.81. The molecule has 3 N–H and O–H groups in total. The van der Waals surface area contributed by atoms with Gasteiger partial charge in [0.25, 0.3) is 0 Å². The van der Waals surface area contributed by atoms with Gasteiger partial charge >= 0.3 is 5.69 Å². The first-order chi connectivity index (χ1) is 12.2. The first-order valence-electron chi connectivity index (χ1n) is 8.09. The third kappa shape index (κ3) is 3.08. The van der Waals surface area contributed by atoms with E-state index in [0.29, 0.717) is 43.1 Å². The van der Waals surface area contributed by atoms with Gasteiger partial charge in [0.1, 0.15) is 24.5 Å². The lowest BCUT2D eigenvalue weighted by molar-refractivity contribution is 0.342. The van der Waals surface area contributed by atoms with E-state index in [-0.39, 0.29) is 11.5 Å². The Balaban J connectivity index is 1.79. The molecule has 2 aromatic heterocycles. The number of nitrogens with two attached hydrogens (primary N) is 1.